The van der Waals surface area contributed by atoms with E-state index in [2.05, 4.69) is 34.1 Å². The molecule has 1 unspecified atom stereocenters. The molecular weight excluding hydrogens is 302 g/mol. The standard InChI is InChI=1S/C16H22ClN3S/c1-3-8-20-9-7-19-16(20)11-14(18-2)12-21-15-6-4-5-13(17)10-15/h4-7,9-10,14,18H,3,8,11-12H2,1-2H3. The van der Waals surface area contributed by atoms with Crippen LogP contribution in [0.15, 0.2) is 41.6 Å². The highest BCUT2D eigenvalue weighted by molar-refractivity contribution is 7.99. The third kappa shape index (κ3) is 5.06. The number of benzene rings is 1. The Labute approximate surface area is 136 Å². The molecule has 0 radical (unpaired) electrons. The highest BCUT2D eigenvalue weighted by Crippen LogP contribution is 2.22. The molecule has 114 valence electrons. The predicted octanol–water partition coefficient (Wildman–Crippen LogP) is 3.87. The second kappa shape index (κ2) is 8.47. The van der Waals surface area contributed by atoms with E-state index in [4.69, 9.17) is 11.6 Å². The minimum atomic E-state index is 0.395. The van der Waals surface area contributed by atoms with Gasteiger partial charge in [0, 0.05) is 47.1 Å². The van der Waals surface area contributed by atoms with E-state index in [1.165, 1.54) is 4.90 Å². The summed E-state index contributed by atoms with van der Waals surface area (Å²) in [6.45, 7) is 3.22. The van der Waals surface area contributed by atoms with Gasteiger partial charge in [0.25, 0.3) is 0 Å². The van der Waals surface area contributed by atoms with Crippen molar-refractivity contribution in [3.05, 3.63) is 47.5 Å². The number of aromatic nitrogens is 2. The van der Waals surface area contributed by atoms with E-state index in [-0.39, 0.29) is 0 Å². The summed E-state index contributed by atoms with van der Waals surface area (Å²) in [4.78, 5) is 5.69. The van der Waals surface area contributed by atoms with Crippen LogP contribution in [-0.2, 0) is 13.0 Å². The lowest BCUT2D eigenvalue weighted by atomic mass is 10.2. The number of halogens is 1. The third-order valence-corrected chi connectivity index (χ3v) is 4.74. The maximum Gasteiger partial charge on any atom is 0.110 e. The Bertz CT molecular complexity index is 556. The molecule has 0 spiro atoms. The second-order valence-electron chi connectivity index (χ2n) is 4.99. The number of nitrogens with zero attached hydrogens (tertiary/aromatic N) is 2. The predicted molar refractivity (Wildman–Crippen MR) is 91.2 cm³/mol. The molecule has 0 saturated heterocycles. The first kappa shape index (κ1) is 16.4. The zero-order valence-corrected chi connectivity index (χ0v) is 14.1. The quantitative estimate of drug-likeness (QED) is 0.748. The summed E-state index contributed by atoms with van der Waals surface area (Å²) >= 11 is 7.85. The highest BCUT2D eigenvalue weighted by Gasteiger charge is 2.12. The van der Waals surface area contributed by atoms with Gasteiger partial charge in [-0.2, -0.15) is 0 Å². The lowest BCUT2D eigenvalue weighted by Crippen LogP contribution is -2.31. The van der Waals surface area contributed by atoms with Crippen molar-refractivity contribution >= 4 is 23.4 Å². The summed E-state index contributed by atoms with van der Waals surface area (Å²) in [6.07, 6.45) is 6.03. The van der Waals surface area contributed by atoms with E-state index in [0.717, 1.165) is 36.0 Å². The van der Waals surface area contributed by atoms with Gasteiger partial charge in [0.05, 0.1) is 0 Å². The van der Waals surface area contributed by atoms with Crippen LogP contribution in [0.25, 0.3) is 0 Å². The third-order valence-electron chi connectivity index (χ3n) is 3.35. The van der Waals surface area contributed by atoms with Gasteiger partial charge < -0.3 is 9.88 Å². The van der Waals surface area contributed by atoms with Crippen LogP contribution in [0.1, 0.15) is 19.2 Å². The molecule has 1 aromatic heterocycles. The van der Waals surface area contributed by atoms with Gasteiger partial charge in [-0.1, -0.05) is 24.6 Å². The highest BCUT2D eigenvalue weighted by atomic mass is 35.5. The van der Waals surface area contributed by atoms with Crippen LogP contribution in [0.4, 0.5) is 0 Å². The Balaban J connectivity index is 1.92. The Hall–Kier alpha value is -0.970. The summed E-state index contributed by atoms with van der Waals surface area (Å²) in [5.74, 6) is 2.15. The van der Waals surface area contributed by atoms with Crippen LogP contribution >= 0.6 is 23.4 Å². The van der Waals surface area contributed by atoms with Gasteiger partial charge >= 0.3 is 0 Å². The second-order valence-corrected chi connectivity index (χ2v) is 6.52. The van der Waals surface area contributed by atoms with Gasteiger partial charge in [0.2, 0.25) is 0 Å². The van der Waals surface area contributed by atoms with Crippen LogP contribution in [-0.4, -0.2) is 28.4 Å². The molecule has 0 aliphatic rings. The van der Waals surface area contributed by atoms with Crippen molar-refractivity contribution in [1.82, 2.24) is 14.9 Å². The number of likely N-dealkylation sites (N-methyl/N-ethyl adjacent to an activating group) is 1. The van der Waals surface area contributed by atoms with E-state index in [0.29, 0.717) is 6.04 Å². The number of thioether (sulfide) groups is 1. The van der Waals surface area contributed by atoms with Crippen LogP contribution in [0, 0.1) is 0 Å². The summed E-state index contributed by atoms with van der Waals surface area (Å²) < 4.78 is 2.24. The Morgan fingerprint density at radius 1 is 1.43 bits per heavy atom. The minimum absolute atomic E-state index is 0.395. The number of hydrogen-bond acceptors (Lipinski definition) is 3. The van der Waals surface area contributed by atoms with Gasteiger partial charge in [-0.25, -0.2) is 4.98 Å². The molecule has 2 aromatic rings. The molecule has 0 aliphatic heterocycles. The van der Waals surface area contributed by atoms with Crippen LogP contribution in [0.5, 0.6) is 0 Å². The number of nitrogens with one attached hydrogen (secondary N) is 1. The molecule has 0 fully saturated rings. The Morgan fingerprint density at radius 3 is 3.00 bits per heavy atom. The van der Waals surface area contributed by atoms with Crippen molar-refractivity contribution in [3.63, 3.8) is 0 Å². The van der Waals surface area contributed by atoms with E-state index in [9.17, 15) is 0 Å². The lowest BCUT2D eigenvalue weighted by Gasteiger charge is -2.16. The zero-order valence-electron chi connectivity index (χ0n) is 12.6. The fourth-order valence-corrected chi connectivity index (χ4v) is 3.51. The summed E-state index contributed by atoms with van der Waals surface area (Å²) in [6, 6.07) is 8.40. The monoisotopic (exact) mass is 323 g/mol. The fourth-order valence-electron chi connectivity index (χ4n) is 2.19. The van der Waals surface area contributed by atoms with Gasteiger partial charge in [-0.3, -0.25) is 0 Å². The van der Waals surface area contributed by atoms with E-state index in [1.807, 2.05) is 43.2 Å². The van der Waals surface area contributed by atoms with Crippen molar-refractivity contribution in [1.29, 1.82) is 0 Å². The molecule has 1 N–H and O–H groups in total. The first-order valence-corrected chi connectivity index (χ1v) is 8.65. The SMILES string of the molecule is CCCn1ccnc1CC(CSc1cccc(Cl)c1)NC. The van der Waals surface area contributed by atoms with Crippen molar-refractivity contribution in [2.24, 2.45) is 0 Å². The molecule has 0 bridgehead atoms. The molecule has 21 heavy (non-hydrogen) atoms. The largest absolute Gasteiger partial charge is 0.335 e. The van der Waals surface area contributed by atoms with Crippen molar-refractivity contribution in [2.75, 3.05) is 12.8 Å². The van der Waals surface area contributed by atoms with Crippen molar-refractivity contribution in [3.8, 4) is 0 Å². The summed E-state index contributed by atoms with van der Waals surface area (Å²) in [5, 5.41) is 4.18. The van der Waals surface area contributed by atoms with Gasteiger partial charge in [0.15, 0.2) is 0 Å². The van der Waals surface area contributed by atoms with Gasteiger partial charge in [-0.15, -0.1) is 11.8 Å². The Morgan fingerprint density at radius 2 is 2.29 bits per heavy atom. The minimum Gasteiger partial charge on any atom is -0.335 e. The maximum absolute atomic E-state index is 6.02. The molecule has 1 atom stereocenters. The van der Waals surface area contributed by atoms with Crippen molar-refractivity contribution < 1.29 is 0 Å². The van der Waals surface area contributed by atoms with Crippen molar-refractivity contribution in [2.45, 2.75) is 37.2 Å². The molecule has 3 nitrogen and oxygen atoms in total. The number of hydrogen-bond donors (Lipinski definition) is 1. The normalized spacial score (nSPS) is 12.5. The Kier molecular flexibility index (Phi) is 6.61. The van der Waals surface area contributed by atoms with E-state index >= 15 is 0 Å². The van der Waals surface area contributed by atoms with Crippen LogP contribution < -0.4 is 5.32 Å². The lowest BCUT2D eigenvalue weighted by molar-refractivity contribution is 0.560. The summed E-state index contributed by atoms with van der Waals surface area (Å²) in [7, 11) is 2.01. The maximum atomic E-state index is 6.02. The molecule has 5 heteroatoms. The first-order chi connectivity index (χ1) is 10.2. The number of rotatable bonds is 8. The fraction of sp³-hybridized carbons (Fsp3) is 0.438. The average Bonchev–Trinajstić information content (AvgIpc) is 2.91. The molecule has 2 rings (SSSR count). The molecule has 0 aliphatic carbocycles. The first-order valence-electron chi connectivity index (χ1n) is 7.28. The average molecular weight is 324 g/mol. The van der Waals surface area contributed by atoms with Crippen LogP contribution in [0.2, 0.25) is 5.02 Å². The molecule has 1 heterocycles. The molecule has 0 amide bonds. The van der Waals surface area contributed by atoms with E-state index < -0.39 is 0 Å². The van der Waals surface area contributed by atoms with Crippen LogP contribution in [0.3, 0.4) is 0 Å². The zero-order chi connectivity index (χ0) is 15.1. The number of aryl methyl sites for hydroxylation is 1. The topological polar surface area (TPSA) is 29.9 Å². The number of imidazole rings is 1. The van der Waals surface area contributed by atoms with Gasteiger partial charge in [-0.05, 0) is 31.7 Å². The molecular formula is C16H22ClN3S. The molecule has 1 aromatic carbocycles. The van der Waals surface area contributed by atoms with E-state index in [1.54, 1.807) is 0 Å². The smallest absolute Gasteiger partial charge is 0.110 e. The molecule has 0 saturated carbocycles. The van der Waals surface area contributed by atoms with Gasteiger partial charge in [0.1, 0.15) is 5.82 Å². The summed E-state index contributed by atoms with van der Waals surface area (Å²) in [5.41, 5.74) is 0.